The van der Waals surface area contributed by atoms with Gasteiger partial charge in [-0.3, -0.25) is 4.90 Å². The summed E-state index contributed by atoms with van der Waals surface area (Å²) in [6, 6.07) is 13.5. The van der Waals surface area contributed by atoms with Crippen molar-refractivity contribution in [2.24, 2.45) is 0 Å². The zero-order valence-corrected chi connectivity index (χ0v) is 24.0. The van der Waals surface area contributed by atoms with E-state index in [0.717, 1.165) is 46.9 Å². The maximum atomic E-state index is 14.0. The molecule has 4 aromatic rings. The summed E-state index contributed by atoms with van der Waals surface area (Å²) < 4.78 is 92.7. The average molecular weight is 637 g/mol. The van der Waals surface area contributed by atoms with Gasteiger partial charge in [0.05, 0.1) is 29.5 Å². The molecule has 1 fully saturated rings. The van der Waals surface area contributed by atoms with Gasteiger partial charge in [0.25, 0.3) is 0 Å². The summed E-state index contributed by atoms with van der Waals surface area (Å²) in [6.45, 7) is 3.06. The molecule has 2 heterocycles. The number of rotatable bonds is 7. The number of urea groups is 1. The van der Waals surface area contributed by atoms with Crippen LogP contribution in [0.4, 0.5) is 36.8 Å². The van der Waals surface area contributed by atoms with Crippen molar-refractivity contribution in [3.63, 3.8) is 0 Å². The average Bonchev–Trinajstić information content (AvgIpc) is 3.37. The van der Waals surface area contributed by atoms with E-state index in [-0.39, 0.29) is 18.7 Å². The molecular weight excluding hydrogens is 610 g/mol. The topological polar surface area (TPSA) is 89.9 Å². The smallest absolute Gasteiger partial charge is 0.447 e. The van der Waals surface area contributed by atoms with E-state index in [9.17, 15) is 40.7 Å². The highest BCUT2D eigenvalue weighted by Gasteiger charge is 2.55. The minimum atomic E-state index is -4.79. The molecule has 238 valence electrons. The summed E-state index contributed by atoms with van der Waals surface area (Å²) in [6.07, 6.45) is -10.9. The Bertz CT molecular complexity index is 1860. The van der Waals surface area contributed by atoms with Gasteiger partial charge in [-0.2, -0.15) is 30.9 Å². The second-order valence-corrected chi connectivity index (χ2v) is 10.8. The molecule has 0 aliphatic carbocycles. The van der Waals surface area contributed by atoms with Crippen LogP contribution in [0.2, 0.25) is 0 Å². The molecule has 15 heteroatoms. The van der Waals surface area contributed by atoms with E-state index in [0.29, 0.717) is 21.1 Å². The van der Waals surface area contributed by atoms with Gasteiger partial charge < -0.3 is 14.2 Å². The van der Waals surface area contributed by atoms with Gasteiger partial charge in [0.15, 0.2) is 6.17 Å². The summed E-state index contributed by atoms with van der Waals surface area (Å²) in [5.41, 5.74) is -4.87. The Morgan fingerprint density at radius 1 is 0.822 bits per heavy atom. The summed E-state index contributed by atoms with van der Waals surface area (Å²) in [7, 11) is 1.47. The lowest BCUT2D eigenvalue weighted by atomic mass is 9.99. The van der Waals surface area contributed by atoms with Crippen molar-refractivity contribution in [2.75, 3.05) is 18.6 Å². The largest absolute Gasteiger partial charge is 0.496 e. The van der Waals surface area contributed by atoms with E-state index in [1.165, 1.54) is 31.9 Å². The fourth-order valence-corrected chi connectivity index (χ4v) is 5.47. The normalized spacial score (nSPS) is 16.8. The number of nitrogens with zero attached hydrogens (tertiary/aromatic N) is 4. The van der Waals surface area contributed by atoms with E-state index in [1.54, 1.807) is 24.3 Å². The third kappa shape index (κ3) is 5.69. The third-order valence-corrected chi connectivity index (χ3v) is 7.65. The molecule has 1 atom stereocenters. The van der Waals surface area contributed by atoms with Crippen LogP contribution < -0.4 is 21.1 Å². The van der Waals surface area contributed by atoms with Crippen LogP contribution in [0.25, 0.3) is 5.69 Å². The van der Waals surface area contributed by atoms with Crippen LogP contribution in [0.1, 0.15) is 36.7 Å². The second kappa shape index (κ2) is 11.2. The van der Waals surface area contributed by atoms with Crippen LogP contribution in [0, 0.1) is 0 Å². The highest BCUT2D eigenvalue weighted by Crippen LogP contribution is 2.43. The Morgan fingerprint density at radius 3 is 2.00 bits per heavy atom. The molecule has 2 amide bonds. The monoisotopic (exact) mass is 636 g/mol. The number of aromatic nitrogens is 2. The van der Waals surface area contributed by atoms with Crippen LogP contribution in [0.5, 0.6) is 5.75 Å². The highest BCUT2D eigenvalue weighted by molar-refractivity contribution is 5.95. The number of carbonyl (C=O) groups is 1. The standard InChI is InChI=1S/C30H26F6N4O5/c1-28(2)24(40-26(42)39(27(43)45-40)22-12-7-10-20(17-22)30(34,35)36)38(21-11-6-9-19(16-21)29(31,32)33)25(41)37(28)15-14-18-8-4-5-13-23(18)44-3/h4-13,16-17,24H,14-15H2,1-3H3. The van der Waals surface area contributed by atoms with Crippen molar-refractivity contribution >= 4 is 11.7 Å². The van der Waals surface area contributed by atoms with E-state index < -0.39 is 58.3 Å². The van der Waals surface area contributed by atoms with Gasteiger partial charge in [0, 0.05) is 12.2 Å². The van der Waals surface area contributed by atoms with Gasteiger partial charge in [-0.15, -0.1) is 4.74 Å². The van der Waals surface area contributed by atoms with Crippen molar-refractivity contribution < 1.29 is 40.4 Å². The Kier molecular flexibility index (Phi) is 7.83. The molecule has 9 nitrogen and oxygen atoms in total. The predicted molar refractivity (Wildman–Crippen MR) is 149 cm³/mol. The van der Waals surface area contributed by atoms with E-state index in [4.69, 9.17) is 9.26 Å². The summed E-state index contributed by atoms with van der Waals surface area (Å²) in [5.74, 6) is -0.826. The lowest BCUT2D eigenvalue weighted by Crippen LogP contribution is -2.47. The first-order valence-corrected chi connectivity index (χ1v) is 13.5. The summed E-state index contributed by atoms with van der Waals surface area (Å²) in [4.78, 5) is 42.9. The molecule has 0 saturated carbocycles. The third-order valence-electron chi connectivity index (χ3n) is 7.65. The minimum Gasteiger partial charge on any atom is -0.496 e. The van der Waals surface area contributed by atoms with Crippen molar-refractivity contribution in [3.05, 3.63) is 111 Å². The van der Waals surface area contributed by atoms with Gasteiger partial charge in [-0.05, 0) is 68.3 Å². The van der Waals surface area contributed by atoms with Crippen molar-refractivity contribution in [3.8, 4) is 11.4 Å². The lowest BCUT2D eigenvalue weighted by Gasteiger charge is -2.34. The zero-order chi connectivity index (χ0) is 32.9. The first-order chi connectivity index (χ1) is 21.1. The van der Waals surface area contributed by atoms with Crippen LogP contribution in [0.3, 0.4) is 0 Å². The molecule has 5 rings (SSSR count). The molecular formula is C30H26F6N4O5. The number of amides is 2. The van der Waals surface area contributed by atoms with Crippen molar-refractivity contribution in [1.29, 1.82) is 0 Å². The Hall–Kier alpha value is -4.95. The second-order valence-electron chi connectivity index (χ2n) is 10.8. The van der Waals surface area contributed by atoms with Gasteiger partial charge in [0.2, 0.25) is 0 Å². The number of benzene rings is 3. The highest BCUT2D eigenvalue weighted by atomic mass is 19.4. The number of methoxy groups -OCH3 is 1. The summed E-state index contributed by atoms with van der Waals surface area (Å²) in [5, 5.41) is 0. The number of carbonyl (C=O) groups excluding carboxylic acids is 1. The number of anilines is 1. The maximum Gasteiger partial charge on any atom is 0.447 e. The number of hydrogen-bond acceptors (Lipinski definition) is 5. The first-order valence-electron chi connectivity index (χ1n) is 13.5. The number of hydrogen-bond donors (Lipinski definition) is 0. The lowest BCUT2D eigenvalue weighted by molar-refractivity contribution is -0.138. The molecule has 0 radical (unpaired) electrons. The molecule has 1 saturated heterocycles. The molecule has 1 aromatic heterocycles. The number of halogens is 6. The number of alkyl halides is 6. The Balaban J connectivity index is 1.65. The van der Waals surface area contributed by atoms with Crippen molar-refractivity contribution in [2.45, 2.75) is 44.3 Å². The van der Waals surface area contributed by atoms with Crippen LogP contribution in [0.15, 0.2) is 86.9 Å². The molecule has 3 aromatic carbocycles. The molecule has 0 bridgehead atoms. The van der Waals surface area contributed by atoms with E-state index in [1.807, 2.05) is 0 Å². The van der Waals surface area contributed by atoms with Gasteiger partial charge in [0.1, 0.15) is 5.75 Å². The van der Waals surface area contributed by atoms with Crippen LogP contribution >= 0.6 is 0 Å². The fourth-order valence-electron chi connectivity index (χ4n) is 5.47. The molecule has 45 heavy (non-hydrogen) atoms. The van der Waals surface area contributed by atoms with E-state index >= 15 is 0 Å². The van der Waals surface area contributed by atoms with Gasteiger partial charge >= 0.3 is 29.8 Å². The molecule has 1 unspecified atom stereocenters. The van der Waals surface area contributed by atoms with Gasteiger partial charge in [-0.25, -0.2) is 14.4 Å². The molecule has 0 N–H and O–H groups in total. The minimum absolute atomic E-state index is 0.00544. The molecule has 1 aliphatic rings. The number of ether oxygens (including phenoxy) is 1. The van der Waals surface area contributed by atoms with E-state index in [2.05, 4.69) is 0 Å². The fraction of sp³-hybridized carbons (Fsp3) is 0.300. The van der Waals surface area contributed by atoms with Gasteiger partial charge in [-0.1, -0.05) is 30.3 Å². The first kappa shape index (κ1) is 31.5. The quantitative estimate of drug-likeness (QED) is 0.229. The predicted octanol–water partition coefficient (Wildman–Crippen LogP) is 6.10. The van der Waals surface area contributed by atoms with Crippen molar-refractivity contribution in [1.82, 2.24) is 14.2 Å². The van der Waals surface area contributed by atoms with Crippen LogP contribution in [-0.4, -0.2) is 39.4 Å². The maximum absolute atomic E-state index is 14.0. The summed E-state index contributed by atoms with van der Waals surface area (Å²) >= 11 is 0. The number of para-hydroxylation sites is 1. The molecule has 0 spiro atoms. The Labute approximate surface area is 251 Å². The molecule has 1 aliphatic heterocycles. The zero-order valence-electron chi connectivity index (χ0n) is 24.0. The van der Waals surface area contributed by atoms with Crippen LogP contribution in [-0.2, 0) is 18.8 Å². The SMILES string of the molecule is COc1ccccc1CCN1C(=O)N(c2cccc(C(F)(F)F)c2)C(n2oc(=O)n(-c3cccc(C(F)(F)F)c3)c2=O)C1(C)C. The Morgan fingerprint density at radius 2 is 1.40 bits per heavy atom.